The number of halogens is 1. The Morgan fingerprint density at radius 1 is 0.939 bits per heavy atom. The fourth-order valence-corrected chi connectivity index (χ4v) is 4.36. The number of azo groups is 1. The summed E-state index contributed by atoms with van der Waals surface area (Å²) in [7, 11) is -3.98. The molecule has 0 fully saturated rings. The first-order valence-electron chi connectivity index (χ1n) is 9.60. The average molecular weight is 481 g/mol. The molecule has 8 nitrogen and oxygen atoms in total. The normalized spacial score (nSPS) is 11.7. The number of aromatic hydroxyl groups is 1. The van der Waals surface area contributed by atoms with Crippen LogP contribution in [-0.2, 0) is 10.0 Å². The molecule has 4 N–H and O–H groups in total. The second kappa shape index (κ2) is 8.89. The number of fused-ring (bicyclic) bond motifs is 1. The summed E-state index contributed by atoms with van der Waals surface area (Å²) in [5.74, 6) is -0.957. The van der Waals surface area contributed by atoms with Crippen molar-refractivity contribution in [1.29, 1.82) is 0 Å². The highest BCUT2D eigenvalue weighted by molar-refractivity contribution is 7.92. The highest BCUT2D eigenvalue weighted by atomic mass is 35.5. The Hall–Kier alpha value is -3.95. The Labute approximate surface area is 194 Å². The summed E-state index contributed by atoms with van der Waals surface area (Å²) in [6.07, 6.45) is 0. The zero-order chi connectivity index (χ0) is 23.6. The standard InChI is InChI=1S/C23H17ClN4O4S/c24-14-9-11-15(12-10-14)33(31,32)28-20-13-21(22(29)17-6-2-1-5-16(17)20)26-27-23(30)18-7-3-4-8-19(18)25/h1-13,28-29H,25H2. The maximum absolute atomic E-state index is 12.9. The number of benzene rings is 4. The Bertz CT molecular complexity index is 1500. The van der Waals surface area contributed by atoms with E-state index < -0.39 is 15.9 Å². The van der Waals surface area contributed by atoms with Crippen LogP contribution in [0.1, 0.15) is 10.4 Å². The molecular weight excluding hydrogens is 464 g/mol. The van der Waals surface area contributed by atoms with Crippen molar-refractivity contribution < 1.29 is 18.3 Å². The predicted molar refractivity (Wildman–Crippen MR) is 128 cm³/mol. The van der Waals surface area contributed by atoms with Crippen molar-refractivity contribution in [3.8, 4) is 5.75 Å². The van der Waals surface area contributed by atoms with Crippen molar-refractivity contribution in [2.75, 3.05) is 10.5 Å². The molecule has 0 radical (unpaired) electrons. The number of nitrogens with zero attached hydrogens (tertiary/aromatic N) is 2. The van der Waals surface area contributed by atoms with E-state index in [2.05, 4.69) is 15.0 Å². The molecule has 0 aliphatic rings. The number of phenolic OH excluding ortho intramolecular Hbond substituents is 1. The highest BCUT2D eigenvalue weighted by Gasteiger charge is 2.19. The second-order valence-corrected chi connectivity index (χ2v) is 9.11. The number of nitrogen functional groups attached to an aromatic ring is 1. The Balaban J connectivity index is 1.76. The van der Waals surface area contributed by atoms with Crippen LogP contribution in [0.15, 0.2) is 94.0 Å². The Morgan fingerprint density at radius 2 is 1.58 bits per heavy atom. The molecule has 4 aromatic rings. The molecule has 0 spiro atoms. The number of rotatable bonds is 5. The lowest BCUT2D eigenvalue weighted by Gasteiger charge is -2.13. The first-order valence-corrected chi connectivity index (χ1v) is 11.5. The Kier molecular flexibility index (Phi) is 5.99. The van der Waals surface area contributed by atoms with Crippen LogP contribution in [-0.4, -0.2) is 19.4 Å². The second-order valence-electron chi connectivity index (χ2n) is 6.99. The van der Waals surface area contributed by atoms with Crippen molar-refractivity contribution in [3.05, 3.63) is 89.4 Å². The van der Waals surface area contributed by atoms with Crippen LogP contribution in [0.25, 0.3) is 10.8 Å². The van der Waals surface area contributed by atoms with E-state index >= 15 is 0 Å². The molecule has 0 unspecified atom stereocenters. The lowest BCUT2D eigenvalue weighted by Crippen LogP contribution is -2.13. The van der Waals surface area contributed by atoms with Gasteiger partial charge in [-0.2, -0.15) is 0 Å². The summed E-state index contributed by atoms with van der Waals surface area (Å²) in [4.78, 5) is 12.4. The third kappa shape index (κ3) is 4.64. The molecule has 4 rings (SSSR count). The first-order chi connectivity index (χ1) is 15.8. The molecule has 0 atom stereocenters. The number of sulfonamides is 1. The van der Waals surface area contributed by atoms with Gasteiger partial charge in [0.1, 0.15) is 5.69 Å². The van der Waals surface area contributed by atoms with E-state index in [1.54, 1.807) is 42.5 Å². The molecule has 33 heavy (non-hydrogen) atoms. The van der Waals surface area contributed by atoms with Gasteiger partial charge in [-0.05, 0) is 42.5 Å². The number of phenols is 1. The van der Waals surface area contributed by atoms with Crippen molar-refractivity contribution in [2.24, 2.45) is 10.2 Å². The lowest BCUT2D eigenvalue weighted by molar-refractivity contribution is 0.0996. The summed E-state index contributed by atoms with van der Waals surface area (Å²) >= 11 is 5.85. The van der Waals surface area contributed by atoms with Crippen molar-refractivity contribution in [3.63, 3.8) is 0 Å². The van der Waals surface area contributed by atoms with E-state index in [4.69, 9.17) is 17.3 Å². The number of para-hydroxylation sites is 1. The van der Waals surface area contributed by atoms with Gasteiger partial charge >= 0.3 is 0 Å². The number of anilines is 2. The van der Waals surface area contributed by atoms with Crippen LogP contribution in [0, 0.1) is 0 Å². The fourth-order valence-electron chi connectivity index (χ4n) is 3.17. The van der Waals surface area contributed by atoms with Crippen molar-refractivity contribution in [1.82, 2.24) is 0 Å². The molecule has 166 valence electrons. The number of amides is 1. The monoisotopic (exact) mass is 480 g/mol. The van der Waals surface area contributed by atoms with Gasteiger partial charge in [0, 0.05) is 21.5 Å². The molecule has 0 heterocycles. The van der Waals surface area contributed by atoms with E-state index in [9.17, 15) is 18.3 Å². The highest BCUT2D eigenvalue weighted by Crippen LogP contribution is 2.40. The number of nitrogens with two attached hydrogens (primary N) is 1. The van der Waals surface area contributed by atoms with Crippen molar-refractivity contribution in [2.45, 2.75) is 4.90 Å². The molecule has 0 aliphatic carbocycles. The third-order valence-corrected chi connectivity index (χ3v) is 6.44. The summed E-state index contributed by atoms with van der Waals surface area (Å²) in [6.45, 7) is 0. The third-order valence-electron chi connectivity index (χ3n) is 4.80. The van der Waals surface area contributed by atoms with Gasteiger partial charge in [-0.3, -0.25) is 9.52 Å². The van der Waals surface area contributed by atoms with Gasteiger partial charge in [-0.1, -0.05) is 48.0 Å². The van der Waals surface area contributed by atoms with Gasteiger partial charge in [-0.15, -0.1) is 10.2 Å². The first kappa shape index (κ1) is 22.3. The maximum Gasteiger partial charge on any atom is 0.297 e. The summed E-state index contributed by atoms with van der Waals surface area (Å²) in [6, 6.07) is 20.0. The number of nitrogens with one attached hydrogen (secondary N) is 1. The van der Waals surface area contributed by atoms with Gasteiger partial charge in [0.15, 0.2) is 5.75 Å². The van der Waals surface area contributed by atoms with Crippen molar-refractivity contribution >= 4 is 55.4 Å². The van der Waals surface area contributed by atoms with Crippen LogP contribution in [0.4, 0.5) is 17.1 Å². The molecule has 10 heteroatoms. The van der Waals surface area contributed by atoms with Crippen LogP contribution >= 0.6 is 11.6 Å². The van der Waals surface area contributed by atoms with Gasteiger partial charge in [0.2, 0.25) is 0 Å². The van der Waals surface area contributed by atoms with Gasteiger partial charge < -0.3 is 10.8 Å². The lowest BCUT2D eigenvalue weighted by atomic mass is 10.1. The molecule has 1 amide bonds. The van der Waals surface area contributed by atoms with E-state index in [0.717, 1.165) is 0 Å². The van der Waals surface area contributed by atoms with E-state index in [0.29, 0.717) is 15.8 Å². The number of hydrogen-bond acceptors (Lipinski definition) is 6. The van der Waals surface area contributed by atoms with Crippen LogP contribution in [0.2, 0.25) is 5.02 Å². The predicted octanol–water partition coefficient (Wildman–Crippen LogP) is 5.51. The van der Waals surface area contributed by atoms with Gasteiger partial charge in [0.25, 0.3) is 15.9 Å². The van der Waals surface area contributed by atoms with E-state index in [1.807, 2.05) is 0 Å². The summed E-state index contributed by atoms with van der Waals surface area (Å²) in [5, 5.41) is 19.4. The number of carbonyl (C=O) groups is 1. The van der Waals surface area contributed by atoms with E-state index in [1.165, 1.54) is 36.4 Å². The molecule has 0 saturated heterocycles. The number of carbonyl (C=O) groups excluding carboxylic acids is 1. The fraction of sp³-hybridized carbons (Fsp3) is 0. The zero-order valence-electron chi connectivity index (χ0n) is 16.9. The van der Waals surface area contributed by atoms with E-state index in [-0.39, 0.29) is 33.3 Å². The SMILES string of the molecule is Nc1ccccc1C(=O)N=Nc1cc(NS(=O)(=O)c2ccc(Cl)cc2)c2ccccc2c1O. The Morgan fingerprint density at radius 3 is 2.27 bits per heavy atom. The zero-order valence-corrected chi connectivity index (χ0v) is 18.5. The maximum atomic E-state index is 12.9. The summed E-state index contributed by atoms with van der Waals surface area (Å²) in [5.41, 5.74) is 6.25. The summed E-state index contributed by atoms with van der Waals surface area (Å²) < 4.78 is 28.3. The minimum atomic E-state index is -3.98. The van der Waals surface area contributed by atoms with Crippen LogP contribution in [0.5, 0.6) is 5.75 Å². The van der Waals surface area contributed by atoms with Gasteiger partial charge in [0.05, 0.1) is 16.1 Å². The largest absolute Gasteiger partial charge is 0.505 e. The molecule has 0 aromatic heterocycles. The number of hydrogen-bond donors (Lipinski definition) is 3. The van der Waals surface area contributed by atoms with Gasteiger partial charge in [-0.25, -0.2) is 8.42 Å². The molecule has 0 saturated carbocycles. The minimum absolute atomic E-state index is 0.00182. The quantitative estimate of drug-likeness (QED) is 0.197. The average Bonchev–Trinajstić information content (AvgIpc) is 2.80. The van der Waals surface area contributed by atoms with Crippen LogP contribution in [0.3, 0.4) is 0 Å². The minimum Gasteiger partial charge on any atom is -0.505 e. The molecule has 4 aromatic carbocycles. The van der Waals surface area contributed by atoms with Crippen LogP contribution < -0.4 is 10.5 Å². The molecule has 0 bridgehead atoms. The molecular formula is C23H17ClN4O4S. The topological polar surface area (TPSA) is 134 Å². The smallest absolute Gasteiger partial charge is 0.297 e. The molecule has 0 aliphatic heterocycles.